The molecule has 2 aromatic carbocycles. The largest absolute Gasteiger partial charge is 0.355 e. The van der Waals surface area contributed by atoms with Gasteiger partial charge in [-0.3, -0.25) is 9.80 Å². The average molecular weight is 430 g/mol. The van der Waals surface area contributed by atoms with Crippen LogP contribution in [0.5, 0.6) is 0 Å². The molecule has 5 N–H and O–H groups in total. The Labute approximate surface area is 177 Å². The third-order valence-corrected chi connectivity index (χ3v) is 5.90. The van der Waals surface area contributed by atoms with Crippen LogP contribution in [0.3, 0.4) is 0 Å². The van der Waals surface area contributed by atoms with Crippen LogP contribution in [-0.2, 0) is 14.8 Å². The Kier molecular flexibility index (Phi) is 6.86. The third-order valence-electron chi connectivity index (χ3n) is 4.97. The molecule has 1 aliphatic rings. The summed E-state index contributed by atoms with van der Waals surface area (Å²) in [6, 6.07) is 14.5. The van der Waals surface area contributed by atoms with E-state index in [-0.39, 0.29) is 16.8 Å². The van der Waals surface area contributed by atoms with E-state index in [4.69, 9.17) is 16.0 Å². The second kappa shape index (κ2) is 9.38. The number of hydrazone groups is 1. The first-order chi connectivity index (χ1) is 14.3. The molecule has 1 unspecified atom stereocenters. The lowest BCUT2D eigenvalue weighted by molar-refractivity contribution is -0.120. The second-order valence-corrected chi connectivity index (χ2v) is 8.88. The van der Waals surface area contributed by atoms with Crippen molar-refractivity contribution in [3.8, 4) is 0 Å². The van der Waals surface area contributed by atoms with E-state index >= 15 is 0 Å². The Morgan fingerprint density at radius 2 is 1.83 bits per heavy atom. The number of aryl methyl sites for hydroxylation is 1. The molecule has 160 valence electrons. The number of carbonyl (C=O) groups excluding carboxylic acids is 1. The van der Waals surface area contributed by atoms with Crippen LogP contribution in [-0.4, -0.2) is 33.1 Å². The number of anilines is 1. The Hall–Kier alpha value is -2.75. The van der Waals surface area contributed by atoms with Gasteiger partial charge in [0, 0.05) is 31.6 Å². The highest BCUT2D eigenvalue weighted by Gasteiger charge is 2.29. The summed E-state index contributed by atoms with van der Waals surface area (Å²) in [5.41, 5.74) is 9.36. The van der Waals surface area contributed by atoms with Crippen LogP contribution in [0.25, 0.3) is 0 Å². The van der Waals surface area contributed by atoms with Gasteiger partial charge in [0.05, 0.1) is 16.6 Å². The molecule has 0 spiro atoms. The number of nitrogens with two attached hydrogens (primary N) is 2. The van der Waals surface area contributed by atoms with Crippen LogP contribution >= 0.6 is 0 Å². The first-order valence-electron chi connectivity index (χ1n) is 9.79. The van der Waals surface area contributed by atoms with Gasteiger partial charge in [0.1, 0.15) is 0 Å². The monoisotopic (exact) mass is 429 g/mol. The summed E-state index contributed by atoms with van der Waals surface area (Å²) in [4.78, 5) is 12.0. The molecule has 0 aromatic heterocycles. The Morgan fingerprint density at radius 1 is 1.17 bits per heavy atom. The molecule has 0 radical (unpaired) electrons. The van der Waals surface area contributed by atoms with Gasteiger partial charge in [-0.2, -0.15) is 5.10 Å². The van der Waals surface area contributed by atoms with E-state index in [1.807, 2.05) is 11.9 Å². The lowest BCUT2D eigenvalue weighted by Crippen LogP contribution is -2.29. The number of hydrogen-bond donors (Lipinski definition) is 3. The fourth-order valence-electron chi connectivity index (χ4n) is 3.36. The van der Waals surface area contributed by atoms with Crippen molar-refractivity contribution in [3.63, 3.8) is 0 Å². The number of nitrogens with one attached hydrogen (secondary N) is 1. The zero-order chi connectivity index (χ0) is 21.7. The molecule has 8 nitrogen and oxygen atoms in total. The molecule has 0 saturated carbocycles. The molecule has 0 bridgehead atoms. The van der Waals surface area contributed by atoms with Crippen molar-refractivity contribution in [1.29, 1.82) is 0 Å². The molecule has 2 aromatic rings. The summed E-state index contributed by atoms with van der Waals surface area (Å²) in [5, 5.41) is 14.6. The fraction of sp³-hybridized carbons (Fsp3) is 0.333. The molecular formula is C21H27N5O3S. The summed E-state index contributed by atoms with van der Waals surface area (Å²) in [6.07, 6.45) is 1.58. The Bertz CT molecular complexity index is 1020. The molecule has 9 heteroatoms. The van der Waals surface area contributed by atoms with E-state index < -0.39 is 10.0 Å². The normalized spacial score (nSPS) is 16.4. The Balaban J connectivity index is 1.83. The summed E-state index contributed by atoms with van der Waals surface area (Å²) < 4.78 is 23.1. The molecule has 3 rings (SSSR count). The van der Waals surface area contributed by atoms with Gasteiger partial charge < -0.3 is 11.1 Å². The number of nitrogens with zero attached hydrogens (tertiary/aromatic N) is 2. The van der Waals surface area contributed by atoms with Crippen molar-refractivity contribution < 1.29 is 13.2 Å². The van der Waals surface area contributed by atoms with Gasteiger partial charge in [-0.05, 0) is 43.2 Å². The first-order valence-corrected chi connectivity index (χ1v) is 11.3. The summed E-state index contributed by atoms with van der Waals surface area (Å²) in [7, 11) is -3.76. The highest BCUT2D eigenvalue weighted by molar-refractivity contribution is 7.89. The SMILES string of the molecule is Cc1ccc(C2CC(CCC(=O)NCCN)=NN2c2ccc(S(N)(=O)=O)cc2)cc1. The van der Waals surface area contributed by atoms with Gasteiger partial charge in [-0.25, -0.2) is 13.6 Å². The van der Waals surface area contributed by atoms with Crippen molar-refractivity contribution in [1.82, 2.24) is 5.32 Å². The van der Waals surface area contributed by atoms with Gasteiger partial charge in [0.15, 0.2) is 0 Å². The summed E-state index contributed by atoms with van der Waals surface area (Å²) in [6.45, 7) is 2.90. The first kappa shape index (κ1) is 21.9. The molecule has 30 heavy (non-hydrogen) atoms. The van der Waals surface area contributed by atoms with Crippen molar-refractivity contribution in [3.05, 3.63) is 59.7 Å². The van der Waals surface area contributed by atoms with E-state index in [9.17, 15) is 13.2 Å². The van der Waals surface area contributed by atoms with Gasteiger partial charge >= 0.3 is 0 Å². The molecule has 0 aliphatic carbocycles. The minimum Gasteiger partial charge on any atom is -0.355 e. The fourth-order valence-corrected chi connectivity index (χ4v) is 3.87. The number of carbonyl (C=O) groups is 1. The summed E-state index contributed by atoms with van der Waals surface area (Å²) in [5.74, 6) is -0.0500. The van der Waals surface area contributed by atoms with Crippen LogP contribution in [0.2, 0.25) is 0 Å². The lowest BCUT2D eigenvalue weighted by Gasteiger charge is -2.24. The van der Waals surface area contributed by atoms with Gasteiger partial charge in [-0.15, -0.1) is 0 Å². The molecule has 1 heterocycles. The van der Waals surface area contributed by atoms with Crippen LogP contribution in [0.4, 0.5) is 5.69 Å². The third kappa shape index (κ3) is 5.44. The quantitative estimate of drug-likeness (QED) is 0.589. The molecular weight excluding hydrogens is 402 g/mol. The zero-order valence-electron chi connectivity index (χ0n) is 16.9. The maximum atomic E-state index is 11.9. The van der Waals surface area contributed by atoms with Gasteiger partial charge in [-0.1, -0.05) is 29.8 Å². The van der Waals surface area contributed by atoms with Crippen LogP contribution in [0, 0.1) is 6.92 Å². The second-order valence-electron chi connectivity index (χ2n) is 7.32. The average Bonchev–Trinajstić information content (AvgIpc) is 3.15. The molecule has 0 fully saturated rings. The topological polar surface area (TPSA) is 131 Å². The van der Waals surface area contributed by atoms with Crippen molar-refractivity contribution in [2.24, 2.45) is 16.0 Å². The van der Waals surface area contributed by atoms with E-state index in [0.29, 0.717) is 32.4 Å². The van der Waals surface area contributed by atoms with E-state index in [2.05, 4.69) is 29.6 Å². The number of hydrogen-bond acceptors (Lipinski definition) is 6. The number of sulfonamides is 1. The van der Waals surface area contributed by atoms with Gasteiger partial charge in [0.2, 0.25) is 15.9 Å². The smallest absolute Gasteiger partial charge is 0.238 e. The minimum atomic E-state index is -3.76. The van der Waals surface area contributed by atoms with Crippen LogP contribution in [0.1, 0.15) is 36.4 Å². The van der Waals surface area contributed by atoms with Gasteiger partial charge in [0.25, 0.3) is 0 Å². The molecule has 1 aliphatic heterocycles. The van der Waals surface area contributed by atoms with Crippen LogP contribution < -0.4 is 21.2 Å². The standard InChI is InChI=1S/C21H27N5O3S/c1-15-2-4-16(5-3-15)20-14-17(6-11-21(27)24-13-12-22)25-26(20)18-7-9-19(10-8-18)30(23,28)29/h2-5,7-10,20H,6,11-14,22H2,1H3,(H,24,27)(H2,23,28,29). The zero-order valence-corrected chi connectivity index (χ0v) is 17.7. The highest BCUT2D eigenvalue weighted by atomic mass is 32.2. The van der Waals surface area contributed by atoms with E-state index in [0.717, 1.165) is 17.0 Å². The van der Waals surface area contributed by atoms with E-state index in [1.165, 1.54) is 17.7 Å². The predicted molar refractivity (Wildman–Crippen MR) is 118 cm³/mol. The minimum absolute atomic E-state index is 0.0342. The molecule has 1 amide bonds. The summed E-state index contributed by atoms with van der Waals surface area (Å²) >= 11 is 0. The molecule has 0 saturated heterocycles. The lowest BCUT2D eigenvalue weighted by atomic mass is 9.98. The maximum absolute atomic E-state index is 11.9. The van der Waals surface area contributed by atoms with E-state index in [1.54, 1.807) is 12.1 Å². The van der Waals surface area contributed by atoms with Crippen LogP contribution in [0.15, 0.2) is 58.5 Å². The Morgan fingerprint density at radius 3 is 2.43 bits per heavy atom. The number of rotatable bonds is 8. The predicted octanol–water partition coefficient (Wildman–Crippen LogP) is 1.80. The highest BCUT2D eigenvalue weighted by Crippen LogP contribution is 2.36. The number of benzene rings is 2. The van der Waals surface area contributed by atoms with Crippen molar-refractivity contribution in [2.45, 2.75) is 37.1 Å². The molecule has 1 atom stereocenters. The van der Waals surface area contributed by atoms with Crippen molar-refractivity contribution >= 4 is 27.3 Å². The maximum Gasteiger partial charge on any atom is 0.238 e. The number of amides is 1. The van der Waals surface area contributed by atoms with Crippen molar-refractivity contribution in [2.75, 3.05) is 18.1 Å². The number of primary sulfonamides is 1.